The fourth-order valence-corrected chi connectivity index (χ4v) is 2.97. The van der Waals surface area contributed by atoms with Crippen LogP contribution in [0.15, 0.2) is 34.8 Å². The Labute approximate surface area is 168 Å². The summed E-state index contributed by atoms with van der Waals surface area (Å²) in [6, 6.07) is 7.34. The molecule has 138 valence electrons. The summed E-state index contributed by atoms with van der Waals surface area (Å²) in [6.45, 7) is 1.85. The fourth-order valence-electron chi connectivity index (χ4n) is 1.96. The van der Waals surface area contributed by atoms with Gasteiger partial charge in [-0.05, 0) is 53.2 Å². The van der Waals surface area contributed by atoms with E-state index < -0.39 is 18.3 Å². The minimum absolute atomic E-state index is 0.0704. The van der Waals surface area contributed by atoms with Crippen LogP contribution in [0.3, 0.4) is 0 Å². The number of hydrogen-bond acceptors (Lipinski definition) is 5. The third kappa shape index (κ3) is 5.52. The first-order chi connectivity index (χ1) is 12.3. The zero-order chi connectivity index (χ0) is 19.3. The molecule has 0 aliphatic heterocycles. The van der Waals surface area contributed by atoms with E-state index in [0.29, 0.717) is 15.9 Å². The molecule has 1 amide bonds. The molecule has 26 heavy (non-hydrogen) atoms. The van der Waals surface area contributed by atoms with Gasteiger partial charge in [-0.25, -0.2) is 0 Å². The summed E-state index contributed by atoms with van der Waals surface area (Å²) in [5.74, 6) is -0.528. The summed E-state index contributed by atoms with van der Waals surface area (Å²) in [6.07, 6.45) is -0.415. The first-order valence-corrected chi connectivity index (χ1v) is 8.96. The Morgan fingerprint density at radius 2 is 1.85 bits per heavy atom. The lowest BCUT2D eigenvalue weighted by atomic mass is 10.2. The Bertz CT molecular complexity index is 821. The molecule has 0 aliphatic carbocycles. The topological polar surface area (TPSA) is 84.9 Å². The molecule has 2 aromatic rings. The molecule has 9 heteroatoms. The van der Waals surface area contributed by atoms with Crippen LogP contribution in [0.25, 0.3) is 0 Å². The normalized spacial score (nSPS) is 10.3. The molecular weight excluding hydrogens is 449 g/mol. The number of aromatic hydroxyl groups is 1. The third-order valence-corrected chi connectivity index (χ3v) is 4.20. The second kappa shape index (κ2) is 9.12. The van der Waals surface area contributed by atoms with E-state index in [1.807, 2.05) is 0 Å². The quantitative estimate of drug-likeness (QED) is 0.458. The summed E-state index contributed by atoms with van der Waals surface area (Å²) >= 11 is 15.6. The van der Waals surface area contributed by atoms with Gasteiger partial charge >= 0.3 is 5.97 Å². The molecule has 0 saturated carbocycles. The number of carbonyl (C=O) groups is 2. The zero-order valence-corrected chi connectivity index (χ0v) is 16.6. The number of esters is 1. The predicted molar refractivity (Wildman–Crippen MR) is 102 cm³/mol. The smallest absolute Gasteiger partial charge is 0.315 e. The fraction of sp³-hybridized carbons (Fsp3) is 0.176. The van der Waals surface area contributed by atoms with Crippen molar-refractivity contribution in [2.45, 2.75) is 13.3 Å². The Kier molecular flexibility index (Phi) is 7.14. The lowest BCUT2D eigenvalue weighted by Crippen LogP contribution is -2.18. The van der Waals surface area contributed by atoms with Gasteiger partial charge in [0.15, 0.2) is 5.75 Å². The van der Waals surface area contributed by atoms with E-state index in [1.54, 1.807) is 13.0 Å². The number of hydrogen-bond donors (Lipinski definition) is 2. The Balaban J connectivity index is 2.15. The average Bonchev–Trinajstić information content (AvgIpc) is 2.52. The number of benzene rings is 2. The number of nitrogens with one attached hydrogen (secondary N) is 1. The SMILES string of the molecule is CCOC(=O)CC(=O)Nc1cc(Cl)c(Oc2ccc(O)cc2Br)c(Cl)c1. The molecule has 2 N–H and O–H groups in total. The predicted octanol–water partition coefficient (Wildman–Crippen LogP) is 5.15. The van der Waals surface area contributed by atoms with Crippen molar-refractivity contribution in [1.82, 2.24) is 0 Å². The highest BCUT2D eigenvalue weighted by Gasteiger charge is 2.15. The van der Waals surface area contributed by atoms with Crippen molar-refractivity contribution in [1.29, 1.82) is 0 Å². The van der Waals surface area contributed by atoms with E-state index in [1.165, 1.54) is 24.3 Å². The third-order valence-electron chi connectivity index (χ3n) is 3.02. The van der Waals surface area contributed by atoms with Crippen LogP contribution in [0, 0.1) is 0 Å². The Morgan fingerprint density at radius 1 is 1.19 bits per heavy atom. The number of carbonyl (C=O) groups excluding carboxylic acids is 2. The van der Waals surface area contributed by atoms with Crippen LogP contribution in [0.2, 0.25) is 10.0 Å². The lowest BCUT2D eigenvalue weighted by Gasteiger charge is -2.13. The number of halogens is 3. The standard InChI is InChI=1S/C17H14BrCl2NO5/c1-2-25-16(24)8-15(23)21-9-5-12(19)17(13(20)6-9)26-14-4-3-10(22)7-11(14)18/h3-7,22H,2,8H2,1H3,(H,21,23). The minimum Gasteiger partial charge on any atom is -0.508 e. The van der Waals surface area contributed by atoms with Crippen molar-refractivity contribution in [2.75, 3.05) is 11.9 Å². The maximum Gasteiger partial charge on any atom is 0.315 e. The molecule has 0 heterocycles. The molecule has 0 fully saturated rings. The van der Waals surface area contributed by atoms with Gasteiger partial charge in [0.05, 0.1) is 21.1 Å². The van der Waals surface area contributed by atoms with Crippen LogP contribution < -0.4 is 10.1 Å². The van der Waals surface area contributed by atoms with E-state index in [-0.39, 0.29) is 28.2 Å². The molecule has 0 radical (unpaired) electrons. The van der Waals surface area contributed by atoms with Gasteiger partial charge in [-0.2, -0.15) is 0 Å². The van der Waals surface area contributed by atoms with Gasteiger partial charge < -0.3 is 19.9 Å². The Hall–Kier alpha value is -1.96. The molecule has 0 bridgehead atoms. The number of ether oxygens (including phenoxy) is 2. The zero-order valence-electron chi connectivity index (χ0n) is 13.5. The van der Waals surface area contributed by atoms with Gasteiger partial charge in [-0.3, -0.25) is 9.59 Å². The van der Waals surface area contributed by atoms with E-state index in [4.69, 9.17) is 32.7 Å². The van der Waals surface area contributed by atoms with Crippen molar-refractivity contribution in [3.63, 3.8) is 0 Å². The van der Waals surface area contributed by atoms with E-state index in [2.05, 4.69) is 21.2 Å². The number of anilines is 1. The monoisotopic (exact) mass is 461 g/mol. The molecule has 0 spiro atoms. The summed E-state index contributed by atoms with van der Waals surface area (Å²) in [7, 11) is 0. The van der Waals surface area contributed by atoms with Gasteiger partial charge in [-0.1, -0.05) is 23.2 Å². The molecule has 0 atom stereocenters. The van der Waals surface area contributed by atoms with E-state index in [0.717, 1.165) is 0 Å². The number of phenols is 1. The highest BCUT2D eigenvalue weighted by Crippen LogP contribution is 2.41. The molecule has 2 rings (SSSR count). The van der Waals surface area contributed by atoms with Crippen LogP contribution in [-0.2, 0) is 14.3 Å². The maximum absolute atomic E-state index is 11.8. The van der Waals surface area contributed by atoms with Gasteiger partial charge in [0.25, 0.3) is 0 Å². The minimum atomic E-state index is -0.626. The van der Waals surface area contributed by atoms with Crippen molar-refractivity contribution in [3.8, 4) is 17.2 Å². The molecule has 2 aromatic carbocycles. The highest BCUT2D eigenvalue weighted by atomic mass is 79.9. The van der Waals surface area contributed by atoms with Gasteiger partial charge in [0.2, 0.25) is 5.91 Å². The van der Waals surface area contributed by atoms with Crippen LogP contribution in [0.5, 0.6) is 17.2 Å². The van der Waals surface area contributed by atoms with Crippen molar-refractivity contribution >= 4 is 56.7 Å². The molecule has 0 aliphatic rings. The van der Waals surface area contributed by atoms with E-state index >= 15 is 0 Å². The molecule has 0 saturated heterocycles. The molecule has 0 aromatic heterocycles. The van der Waals surface area contributed by atoms with Crippen LogP contribution in [0.1, 0.15) is 13.3 Å². The molecule has 6 nitrogen and oxygen atoms in total. The summed E-state index contributed by atoms with van der Waals surface area (Å²) in [4.78, 5) is 23.1. The van der Waals surface area contributed by atoms with E-state index in [9.17, 15) is 14.7 Å². The number of phenolic OH excluding ortho intramolecular Hbond substituents is 1. The maximum atomic E-state index is 11.8. The first kappa shape index (κ1) is 20.4. The molecule has 0 unspecified atom stereocenters. The van der Waals surface area contributed by atoms with Gasteiger partial charge in [-0.15, -0.1) is 0 Å². The van der Waals surface area contributed by atoms with Crippen LogP contribution >= 0.6 is 39.1 Å². The summed E-state index contributed by atoms with van der Waals surface area (Å²) in [5.41, 5.74) is 0.312. The average molecular weight is 463 g/mol. The Morgan fingerprint density at radius 3 is 2.42 bits per heavy atom. The van der Waals surface area contributed by atoms with Gasteiger partial charge in [0, 0.05) is 5.69 Å². The van der Waals surface area contributed by atoms with Crippen LogP contribution in [-0.4, -0.2) is 23.6 Å². The van der Waals surface area contributed by atoms with Crippen LogP contribution in [0.4, 0.5) is 5.69 Å². The van der Waals surface area contributed by atoms with Gasteiger partial charge in [0.1, 0.15) is 17.9 Å². The second-order valence-electron chi connectivity index (χ2n) is 5.02. The second-order valence-corrected chi connectivity index (χ2v) is 6.68. The first-order valence-electron chi connectivity index (χ1n) is 7.41. The van der Waals surface area contributed by atoms with Crippen molar-refractivity contribution in [2.24, 2.45) is 0 Å². The largest absolute Gasteiger partial charge is 0.508 e. The highest BCUT2D eigenvalue weighted by molar-refractivity contribution is 9.10. The van der Waals surface area contributed by atoms with Crippen molar-refractivity contribution < 1.29 is 24.2 Å². The molecular formula is C17H14BrCl2NO5. The summed E-state index contributed by atoms with van der Waals surface area (Å²) in [5, 5.41) is 12.2. The lowest BCUT2D eigenvalue weighted by molar-refractivity contribution is -0.145. The van der Waals surface area contributed by atoms with Crippen molar-refractivity contribution in [3.05, 3.63) is 44.8 Å². The number of amides is 1. The summed E-state index contributed by atoms with van der Waals surface area (Å²) < 4.78 is 10.9. The number of rotatable bonds is 6.